The molecular formula is C68H113O11P. The number of hydrogen-bond donors (Lipinski definition) is 2. The number of ether oxygens (including phenoxy) is 3. The van der Waals surface area contributed by atoms with Gasteiger partial charge in [-0.25, -0.2) is 4.57 Å². The van der Waals surface area contributed by atoms with Gasteiger partial charge in [0.25, 0.3) is 0 Å². The lowest BCUT2D eigenvalue weighted by Crippen LogP contribution is -2.30. The van der Waals surface area contributed by atoms with Gasteiger partial charge in [-0.3, -0.25) is 23.4 Å². The lowest BCUT2D eigenvalue weighted by Gasteiger charge is -2.21. The van der Waals surface area contributed by atoms with E-state index in [9.17, 15) is 28.9 Å². The molecule has 0 aromatic carbocycles. The maximum absolute atomic E-state index is 13.0. The number of carbonyl (C=O) groups is 3. The zero-order valence-electron chi connectivity index (χ0n) is 50.5. The molecule has 0 heterocycles. The summed E-state index contributed by atoms with van der Waals surface area (Å²) in [6.45, 7) is 4.28. The Bertz CT molecular complexity index is 1800. The summed E-state index contributed by atoms with van der Waals surface area (Å²) in [5.74, 6) is -1.51. The van der Waals surface area contributed by atoms with Gasteiger partial charge in [0.2, 0.25) is 0 Å². The Kier molecular flexibility index (Phi) is 57.8. The van der Waals surface area contributed by atoms with Crippen LogP contribution in [0.3, 0.4) is 0 Å². The van der Waals surface area contributed by atoms with Crippen molar-refractivity contribution in [1.29, 1.82) is 0 Å². The molecule has 3 atom stereocenters. The van der Waals surface area contributed by atoms with Crippen molar-refractivity contribution >= 4 is 25.7 Å². The van der Waals surface area contributed by atoms with Gasteiger partial charge in [-0.15, -0.1) is 0 Å². The van der Waals surface area contributed by atoms with Crippen LogP contribution in [0.15, 0.2) is 122 Å². The predicted molar refractivity (Wildman–Crippen MR) is 334 cm³/mol. The third kappa shape index (κ3) is 58.5. The van der Waals surface area contributed by atoms with Gasteiger partial charge in [0, 0.05) is 19.3 Å². The number of hydrogen-bond acceptors (Lipinski definition) is 10. The number of allylic oxidation sites excluding steroid dienone is 20. The zero-order valence-corrected chi connectivity index (χ0v) is 51.4. The van der Waals surface area contributed by atoms with Crippen molar-refractivity contribution in [2.75, 3.05) is 26.4 Å². The molecule has 0 saturated heterocycles. The highest BCUT2D eigenvalue weighted by molar-refractivity contribution is 7.47. The largest absolute Gasteiger partial charge is 0.472 e. The van der Waals surface area contributed by atoms with Gasteiger partial charge in [-0.2, -0.15) is 0 Å². The van der Waals surface area contributed by atoms with Gasteiger partial charge in [0.1, 0.15) is 12.7 Å². The molecule has 0 radical (unpaired) electrons. The quantitative estimate of drug-likeness (QED) is 0.0197. The summed E-state index contributed by atoms with van der Waals surface area (Å²) in [6, 6.07) is 0. The zero-order chi connectivity index (χ0) is 58.3. The molecular weight excluding hydrogens is 1020 g/mol. The van der Waals surface area contributed by atoms with E-state index in [4.69, 9.17) is 23.3 Å². The normalized spacial score (nSPS) is 14.1. The van der Waals surface area contributed by atoms with Crippen LogP contribution in [0.4, 0.5) is 0 Å². The molecule has 12 heteroatoms. The number of phosphoric ester groups is 1. The minimum Gasteiger partial charge on any atom is -0.462 e. The number of phosphoric acid groups is 1. The van der Waals surface area contributed by atoms with Crippen molar-refractivity contribution in [3.05, 3.63) is 122 Å². The Labute approximate surface area is 487 Å². The topological polar surface area (TPSA) is 155 Å². The second-order valence-electron chi connectivity index (χ2n) is 20.4. The summed E-state index contributed by atoms with van der Waals surface area (Å²) < 4.78 is 39.7. The van der Waals surface area contributed by atoms with E-state index in [0.29, 0.717) is 19.3 Å². The molecule has 80 heavy (non-hydrogen) atoms. The van der Waals surface area contributed by atoms with E-state index in [1.165, 1.54) is 19.3 Å². The first-order chi connectivity index (χ1) is 39.2. The molecule has 0 bridgehead atoms. The molecule has 0 aliphatic rings. The van der Waals surface area contributed by atoms with Crippen LogP contribution in [0.25, 0.3) is 0 Å². The summed E-state index contributed by atoms with van der Waals surface area (Å²) in [7, 11) is -4.77. The van der Waals surface area contributed by atoms with Crippen molar-refractivity contribution < 1.29 is 52.2 Å². The Balaban J connectivity index is 4.76. The minimum atomic E-state index is -4.77. The molecule has 0 saturated carbocycles. The maximum atomic E-state index is 13.0. The predicted octanol–water partition coefficient (Wildman–Crippen LogP) is 19.1. The van der Waals surface area contributed by atoms with Crippen LogP contribution in [0.2, 0.25) is 0 Å². The highest BCUT2D eigenvalue weighted by atomic mass is 31.2. The average Bonchev–Trinajstić information content (AvgIpc) is 3.45. The Morgan fingerprint density at radius 1 is 0.350 bits per heavy atom. The summed E-state index contributed by atoms with van der Waals surface area (Å²) in [5, 5.41) is 9.85. The van der Waals surface area contributed by atoms with Gasteiger partial charge in [-0.05, 0) is 122 Å². The fourth-order valence-corrected chi connectivity index (χ4v) is 8.98. The molecule has 11 nitrogen and oxygen atoms in total. The number of unbranched alkanes of at least 4 members (excludes halogenated alkanes) is 20. The van der Waals surface area contributed by atoms with E-state index in [1.54, 1.807) is 0 Å². The van der Waals surface area contributed by atoms with Crippen LogP contribution >= 0.6 is 7.82 Å². The monoisotopic (exact) mass is 1140 g/mol. The number of rotatable bonds is 57. The smallest absolute Gasteiger partial charge is 0.462 e. The third-order valence-corrected chi connectivity index (χ3v) is 13.8. The molecule has 456 valence electrons. The Morgan fingerprint density at radius 2 is 0.613 bits per heavy atom. The highest BCUT2D eigenvalue weighted by Gasteiger charge is 2.28. The Morgan fingerprint density at radius 3 is 0.938 bits per heavy atom. The number of carbonyl (C=O) groups excluding carboxylic acids is 3. The molecule has 0 aliphatic heterocycles. The summed E-state index contributed by atoms with van der Waals surface area (Å²) in [5.41, 5.74) is 0. The van der Waals surface area contributed by atoms with Crippen LogP contribution in [0.1, 0.15) is 252 Å². The van der Waals surface area contributed by atoms with Crippen LogP contribution in [-0.2, 0) is 42.2 Å². The first kappa shape index (κ1) is 75.9. The van der Waals surface area contributed by atoms with E-state index < -0.39 is 57.8 Å². The number of aliphatic hydroxyl groups is 1. The fraction of sp³-hybridized carbons (Fsp3) is 0.662. The first-order valence-corrected chi connectivity index (χ1v) is 32.9. The van der Waals surface area contributed by atoms with E-state index in [-0.39, 0.29) is 25.9 Å². The molecule has 0 rings (SSSR count). The standard InChI is InChI=1S/C68H113O11P/c1-4-7-10-13-16-19-22-25-28-31-32-35-36-39-42-45-48-51-54-57-66(70)75-61-65(79-68(72)59-56-53-50-47-44-41-38-34-30-27-24-21-18-15-12-9-6-3)63-77-80(73,74)76-62-64(60-69)78-67(71)58-55-52-49-46-43-40-37-33-29-26-23-20-17-14-11-8-5-2/h7-12,16-21,25-30,32,35,64-65,69H,4-6,13-15,22-24,31,33-34,36-63H2,1-3H3,(H,73,74)/b10-7-,11-8-,12-9-,19-16-,20-17-,21-18-,28-25-,29-26-,30-27-,35-32-. The molecule has 0 aromatic heterocycles. The van der Waals surface area contributed by atoms with Crippen molar-refractivity contribution in [3.8, 4) is 0 Å². The van der Waals surface area contributed by atoms with Crippen molar-refractivity contribution in [2.45, 2.75) is 264 Å². The van der Waals surface area contributed by atoms with Crippen molar-refractivity contribution in [2.24, 2.45) is 0 Å². The van der Waals surface area contributed by atoms with E-state index in [0.717, 1.165) is 173 Å². The lowest BCUT2D eigenvalue weighted by atomic mass is 10.1. The van der Waals surface area contributed by atoms with Gasteiger partial charge < -0.3 is 24.2 Å². The fourth-order valence-electron chi connectivity index (χ4n) is 8.20. The van der Waals surface area contributed by atoms with Gasteiger partial charge in [0.15, 0.2) is 6.10 Å². The average molecular weight is 1140 g/mol. The SMILES string of the molecule is CC/C=C\C/C=C\C/C=C\C/C=C\CCCCCCCCC(=O)OCC(COP(=O)(O)OCC(CO)OC(=O)CCCCCCCCC/C=C\C/C=C\C/C=C\CC)OC(=O)CCCCCCCCC/C=C\C/C=C\C/C=C\CC. The summed E-state index contributed by atoms with van der Waals surface area (Å²) >= 11 is 0. The maximum Gasteiger partial charge on any atom is 0.472 e. The van der Waals surface area contributed by atoms with Gasteiger partial charge in [0.05, 0.1) is 19.8 Å². The van der Waals surface area contributed by atoms with Gasteiger partial charge in [-0.1, -0.05) is 232 Å². The van der Waals surface area contributed by atoms with Crippen LogP contribution in [0.5, 0.6) is 0 Å². The van der Waals surface area contributed by atoms with Crippen molar-refractivity contribution in [1.82, 2.24) is 0 Å². The summed E-state index contributed by atoms with van der Waals surface area (Å²) in [4.78, 5) is 48.8. The van der Waals surface area contributed by atoms with Crippen molar-refractivity contribution in [3.63, 3.8) is 0 Å². The molecule has 2 N–H and O–H groups in total. The summed E-state index contributed by atoms with van der Waals surface area (Å²) in [6.07, 6.45) is 75.7. The van der Waals surface area contributed by atoms with Crippen LogP contribution in [0, 0.1) is 0 Å². The molecule has 0 amide bonds. The van der Waals surface area contributed by atoms with Gasteiger partial charge >= 0.3 is 25.7 Å². The number of aliphatic hydroxyl groups excluding tert-OH is 1. The lowest BCUT2D eigenvalue weighted by molar-refractivity contribution is -0.161. The second-order valence-corrected chi connectivity index (χ2v) is 21.9. The van der Waals surface area contributed by atoms with E-state index >= 15 is 0 Å². The van der Waals surface area contributed by atoms with E-state index in [1.807, 2.05) is 0 Å². The molecule has 0 spiro atoms. The molecule has 3 unspecified atom stereocenters. The Hall–Kier alpha value is -4.12. The minimum absolute atomic E-state index is 0.146. The van der Waals surface area contributed by atoms with Crippen LogP contribution < -0.4 is 0 Å². The number of esters is 3. The molecule has 0 aromatic rings. The third-order valence-electron chi connectivity index (χ3n) is 12.9. The second kappa shape index (κ2) is 61.0. The molecule has 0 aliphatic carbocycles. The molecule has 0 fully saturated rings. The van der Waals surface area contributed by atoms with E-state index in [2.05, 4.69) is 142 Å². The highest BCUT2D eigenvalue weighted by Crippen LogP contribution is 2.43. The van der Waals surface area contributed by atoms with Crippen LogP contribution in [-0.4, -0.2) is 66.5 Å². The first-order valence-electron chi connectivity index (χ1n) is 31.4.